The second-order valence-corrected chi connectivity index (χ2v) is 3.11. The Balaban J connectivity index is 4.48. The lowest BCUT2D eigenvalue weighted by molar-refractivity contribution is -0.262. The van der Waals surface area contributed by atoms with Crippen LogP contribution in [0, 0.1) is 0 Å². The summed E-state index contributed by atoms with van der Waals surface area (Å²) < 4.78 is 13.8. The number of Topliss-reactive ketones (excluding diaryl/α,β-unsaturated/α-hetero) is 2. The van der Waals surface area contributed by atoms with Crippen LogP contribution in [0.1, 0.15) is 33.6 Å². The number of carbonyl (C=O) groups is 4. The first-order valence-electron chi connectivity index (χ1n) is 5.55. The summed E-state index contributed by atoms with van der Waals surface area (Å²) in [4.78, 5) is 44.3. The smallest absolute Gasteiger partial charge is 0.379 e. The molecular formula is C11H16O7. The zero-order chi connectivity index (χ0) is 14.1. The summed E-state index contributed by atoms with van der Waals surface area (Å²) in [6.07, 6.45) is -0.0843. The topological polar surface area (TPSA) is 96.0 Å². The van der Waals surface area contributed by atoms with Crippen LogP contribution in [0.4, 0.5) is 0 Å². The van der Waals surface area contributed by atoms with Crippen LogP contribution >= 0.6 is 0 Å². The van der Waals surface area contributed by atoms with Crippen LogP contribution in [-0.2, 0) is 33.4 Å². The van der Waals surface area contributed by atoms with E-state index in [1.807, 2.05) is 0 Å². The van der Waals surface area contributed by atoms with E-state index in [2.05, 4.69) is 9.47 Å². The van der Waals surface area contributed by atoms with Crippen molar-refractivity contribution in [3.05, 3.63) is 0 Å². The third-order valence-corrected chi connectivity index (χ3v) is 1.81. The summed E-state index contributed by atoms with van der Waals surface area (Å²) in [6, 6.07) is 0. The Kier molecular flexibility index (Phi) is 7.53. The Morgan fingerprint density at radius 2 is 1.22 bits per heavy atom. The van der Waals surface area contributed by atoms with Gasteiger partial charge in [0.25, 0.3) is 0 Å². The molecule has 0 rings (SSSR count). The van der Waals surface area contributed by atoms with E-state index >= 15 is 0 Å². The standard InChI is InChI=1S/C11H16O7/c1-4-7(12)9(14)17-11(16-6-3)18-10(15)8(13)5-2/h11H,4-6H2,1-3H3. The molecule has 0 aromatic heterocycles. The van der Waals surface area contributed by atoms with Gasteiger partial charge in [0.1, 0.15) is 0 Å². The van der Waals surface area contributed by atoms with E-state index in [0.717, 1.165) is 0 Å². The molecule has 0 aromatic carbocycles. The number of ether oxygens (including phenoxy) is 3. The normalized spacial score (nSPS) is 10.0. The van der Waals surface area contributed by atoms with Gasteiger partial charge in [-0.15, -0.1) is 0 Å². The molecule has 0 unspecified atom stereocenters. The highest BCUT2D eigenvalue weighted by Crippen LogP contribution is 2.02. The molecule has 7 nitrogen and oxygen atoms in total. The lowest BCUT2D eigenvalue weighted by atomic mass is 10.3. The van der Waals surface area contributed by atoms with Gasteiger partial charge in [0.15, 0.2) is 0 Å². The molecule has 0 saturated heterocycles. The quantitative estimate of drug-likeness (QED) is 0.353. The molecule has 0 N–H and O–H groups in total. The van der Waals surface area contributed by atoms with Crippen molar-refractivity contribution in [3.63, 3.8) is 0 Å². The molecule has 0 amide bonds. The van der Waals surface area contributed by atoms with Gasteiger partial charge in [-0.1, -0.05) is 13.8 Å². The molecule has 0 aliphatic heterocycles. The zero-order valence-corrected chi connectivity index (χ0v) is 10.6. The summed E-state index contributed by atoms with van der Waals surface area (Å²) in [5.74, 6) is -3.91. The Bertz CT molecular complexity index is 304. The Morgan fingerprint density at radius 1 is 0.833 bits per heavy atom. The maximum Gasteiger partial charge on any atom is 0.379 e. The van der Waals surface area contributed by atoms with E-state index in [-0.39, 0.29) is 19.4 Å². The molecule has 18 heavy (non-hydrogen) atoms. The molecule has 0 aliphatic carbocycles. The molecule has 0 aromatic rings. The number of carbonyl (C=O) groups excluding carboxylic acids is 4. The van der Waals surface area contributed by atoms with Crippen LogP contribution in [0.2, 0.25) is 0 Å². The summed E-state index contributed by atoms with van der Waals surface area (Å²) in [7, 11) is 0. The molecule has 0 heterocycles. The van der Waals surface area contributed by atoms with Gasteiger partial charge in [0, 0.05) is 12.8 Å². The van der Waals surface area contributed by atoms with Crippen molar-refractivity contribution in [1.29, 1.82) is 0 Å². The Morgan fingerprint density at radius 3 is 1.50 bits per heavy atom. The highest BCUT2D eigenvalue weighted by molar-refractivity contribution is 6.34. The molecule has 0 bridgehead atoms. The first-order valence-corrected chi connectivity index (χ1v) is 5.55. The number of ketones is 2. The van der Waals surface area contributed by atoms with Crippen molar-refractivity contribution in [2.24, 2.45) is 0 Å². The third kappa shape index (κ3) is 5.53. The average Bonchev–Trinajstić information content (AvgIpc) is 2.36. The second kappa shape index (κ2) is 8.35. The van der Waals surface area contributed by atoms with Crippen LogP contribution < -0.4 is 0 Å². The van der Waals surface area contributed by atoms with Crippen molar-refractivity contribution in [2.45, 2.75) is 40.1 Å². The molecule has 7 heteroatoms. The maximum atomic E-state index is 11.2. The van der Waals surface area contributed by atoms with E-state index < -0.39 is 30.0 Å². The predicted molar refractivity (Wildman–Crippen MR) is 58.2 cm³/mol. The first kappa shape index (κ1) is 16.2. The minimum atomic E-state index is -1.68. The van der Waals surface area contributed by atoms with Crippen LogP contribution in [0.25, 0.3) is 0 Å². The molecular weight excluding hydrogens is 244 g/mol. The lowest BCUT2D eigenvalue weighted by Gasteiger charge is -2.16. The fourth-order valence-electron chi connectivity index (χ4n) is 0.823. The predicted octanol–water partition coefficient (Wildman–Crippen LogP) is 0.351. The molecule has 0 fully saturated rings. The molecule has 0 spiro atoms. The van der Waals surface area contributed by atoms with Crippen LogP contribution in [0.5, 0.6) is 0 Å². The van der Waals surface area contributed by atoms with E-state index in [4.69, 9.17) is 4.74 Å². The molecule has 0 atom stereocenters. The Labute approximate surface area is 104 Å². The zero-order valence-electron chi connectivity index (χ0n) is 10.6. The van der Waals surface area contributed by atoms with Gasteiger partial charge < -0.3 is 14.2 Å². The van der Waals surface area contributed by atoms with Gasteiger partial charge in [-0.2, -0.15) is 0 Å². The largest absolute Gasteiger partial charge is 0.394 e. The van der Waals surface area contributed by atoms with Crippen molar-refractivity contribution in [1.82, 2.24) is 0 Å². The fourth-order valence-corrected chi connectivity index (χ4v) is 0.823. The molecule has 102 valence electrons. The van der Waals surface area contributed by atoms with Gasteiger partial charge in [-0.25, -0.2) is 9.59 Å². The van der Waals surface area contributed by atoms with Gasteiger partial charge in [0.05, 0.1) is 6.61 Å². The molecule has 0 saturated carbocycles. The van der Waals surface area contributed by atoms with Crippen molar-refractivity contribution >= 4 is 23.5 Å². The fraction of sp³-hybridized carbons (Fsp3) is 0.636. The van der Waals surface area contributed by atoms with Crippen molar-refractivity contribution in [3.8, 4) is 0 Å². The highest BCUT2D eigenvalue weighted by atomic mass is 16.9. The van der Waals surface area contributed by atoms with E-state index in [9.17, 15) is 19.2 Å². The van der Waals surface area contributed by atoms with E-state index in [1.54, 1.807) is 6.92 Å². The average molecular weight is 260 g/mol. The second-order valence-electron chi connectivity index (χ2n) is 3.11. The summed E-state index contributed by atoms with van der Waals surface area (Å²) >= 11 is 0. The molecule has 0 radical (unpaired) electrons. The monoisotopic (exact) mass is 260 g/mol. The minimum Gasteiger partial charge on any atom is -0.394 e. The lowest BCUT2D eigenvalue weighted by Crippen LogP contribution is -2.32. The van der Waals surface area contributed by atoms with Gasteiger partial charge >= 0.3 is 18.4 Å². The summed E-state index contributed by atoms with van der Waals surface area (Å²) in [5.41, 5.74) is 0. The summed E-state index contributed by atoms with van der Waals surface area (Å²) in [5, 5.41) is 0. The van der Waals surface area contributed by atoms with Crippen LogP contribution in [-0.4, -0.2) is 36.6 Å². The maximum absolute atomic E-state index is 11.2. The number of esters is 2. The van der Waals surface area contributed by atoms with E-state index in [0.29, 0.717) is 0 Å². The molecule has 0 aliphatic rings. The minimum absolute atomic E-state index is 0.0421. The number of hydrogen-bond donors (Lipinski definition) is 0. The summed E-state index contributed by atoms with van der Waals surface area (Å²) in [6.45, 7) is 2.92. The number of rotatable bonds is 8. The van der Waals surface area contributed by atoms with Gasteiger partial charge in [0.2, 0.25) is 11.6 Å². The van der Waals surface area contributed by atoms with Crippen molar-refractivity contribution < 1.29 is 33.4 Å². The highest BCUT2D eigenvalue weighted by Gasteiger charge is 2.25. The SMILES string of the molecule is CCOC(OC(=O)C(=O)CC)OC(=O)C(=O)CC. The van der Waals surface area contributed by atoms with Crippen molar-refractivity contribution in [2.75, 3.05) is 6.61 Å². The van der Waals surface area contributed by atoms with Gasteiger partial charge in [-0.3, -0.25) is 9.59 Å². The van der Waals surface area contributed by atoms with Gasteiger partial charge in [-0.05, 0) is 6.92 Å². The van der Waals surface area contributed by atoms with Crippen LogP contribution in [0.3, 0.4) is 0 Å². The third-order valence-electron chi connectivity index (χ3n) is 1.81. The van der Waals surface area contributed by atoms with Crippen LogP contribution in [0.15, 0.2) is 0 Å². The van der Waals surface area contributed by atoms with E-state index in [1.165, 1.54) is 13.8 Å². The Hall–Kier alpha value is -1.76. The number of hydrogen-bond acceptors (Lipinski definition) is 7. The first-order chi connectivity index (χ1) is 8.46.